The van der Waals surface area contributed by atoms with Crippen molar-refractivity contribution >= 4 is 0 Å². The summed E-state index contributed by atoms with van der Waals surface area (Å²) in [6, 6.07) is 0. The minimum Gasteiger partial charge on any atom is -0.378 e. The van der Waals surface area contributed by atoms with Gasteiger partial charge in [0.25, 0.3) is 0 Å². The molecule has 88 valence electrons. The van der Waals surface area contributed by atoms with Gasteiger partial charge in [-0.2, -0.15) is 0 Å². The first-order chi connectivity index (χ1) is 7.30. The molecular formula is C14H26O. The Hall–Kier alpha value is -0.300. The van der Waals surface area contributed by atoms with Crippen molar-refractivity contribution in [2.45, 2.75) is 64.9 Å². The zero-order valence-corrected chi connectivity index (χ0v) is 10.4. The van der Waals surface area contributed by atoms with E-state index in [-0.39, 0.29) is 0 Å². The molecule has 1 aliphatic rings. The van der Waals surface area contributed by atoms with Crippen molar-refractivity contribution in [2.75, 3.05) is 6.61 Å². The summed E-state index contributed by atoms with van der Waals surface area (Å²) in [4.78, 5) is 0. The van der Waals surface area contributed by atoms with Crippen molar-refractivity contribution in [2.24, 2.45) is 5.92 Å². The minimum atomic E-state index is 0.431. The first-order valence-electron chi connectivity index (χ1n) is 6.57. The predicted octanol–water partition coefficient (Wildman–Crippen LogP) is 4.33. The fourth-order valence-corrected chi connectivity index (χ4v) is 2.01. The Kier molecular flexibility index (Phi) is 6.74. The van der Waals surface area contributed by atoms with E-state index in [2.05, 4.69) is 26.0 Å². The molecule has 0 aromatic heterocycles. The quantitative estimate of drug-likeness (QED) is 0.585. The summed E-state index contributed by atoms with van der Waals surface area (Å²) < 4.78 is 5.93. The molecule has 1 aliphatic heterocycles. The van der Waals surface area contributed by atoms with Gasteiger partial charge in [0.2, 0.25) is 0 Å². The van der Waals surface area contributed by atoms with Crippen LogP contribution in [0.1, 0.15) is 58.8 Å². The van der Waals surface area contributed by atoms with Gasteiger partial charge in [-0.1, -0.05) is 45.3 Å². The number of ether oxygens (including phenoxy) is 1. The van der Waals surface area contributed by atoms with Crippen LogP contribution in [0.3, 0.4) is 0 Å². The summed E-state index contributed by atoms with van der Waals surface area (Å²) in [6.45, 7) is 5.46. The van der Waals surface area contributed by atoms with Gasteiger partial charge >= 0.3 is 0 Å². The molecule has 0 aromatic carbocycles. The van der Waals surface area contributed by atoms with E-state index in [0.29, 0.717) is 12.0 Å². The number of hydrogen-bond donors (Lipinski definition) is 0. The fourth-order valence-electron chi connectivity index (χ4n) is 2.01. The lowest BCUT2D eigenvalue weighted by molar-refractivity contribution is 0.0222. The molecule has 1 atom stereocenters. The molecule has 1 unspecified atom stereocenters. The van der Waals surface area contributed by atoms with Crippen molar-refractivity contribution in [3.8, 4) is 0 Å². The van der Waals surface area contributed by atoms with E-state index >= 15 is 0 Å². The maximum atomic E-state index is 5.93. The van der Waals surface area contributed by atoms with Crippen LogP contribution in [0.5, 0.6) is 0 Å². The third kappa shape index (κ3) is 5.99. The third-order valence-corrected chi connectivity index (χ3v) is 3.13. The van der Waals surface area contributed by atoms with Crippen LogP contribution in [0.2, 0.25) is 0 Å². The van der Waals surface area contributed by atoms with Crippen LogP contribution in [0.25, 0.3) is 0 Å². The van der Waals surface area contributed by atoms with Gasteiger partial charge in [0.15, 0.2) is 0 Å². The summed E-state index contributed by atoms with van der Waals surface area (Å²) >= 11 is 0. The van der Waals surface area contributed by atoms with Gasteiger partial charge in [0.05, 0.1) is 6.10 Å². The second-order valence-corrected chi connectivity index (χ2v) is 4.92. The average molecular weight is 210 g/mol. The molecule has 0 saturated carbocycles. The van der Waals surface area contributed by atoms with Crippen LogP contribution >= 0.6 is 0 Å². The van der Waals surface area contributed by atoms with Crippen LogP contribution in [-0.2, 0) is 4.74 Å². The van der Waals surface area contributed by atoms with Gasteiger partial charge in [0.1, 0.15) is 0 Å². The normalized spacial score (nSPS) is 28.1. The standard InChI is InChI=1S/C14H26O/c1-13(2)14-11-9-7-5-3-4-6-8-10-12-15-14/h7,9,13-14H,3-6,8,10-12H2,1-2H3/b9-7+. The molecule has 15 heavy (non-hydrogen) atoms. The van der Waals surface area contributed by atoms with Gasteiger partial charge in [-0.05, 0) is 31.6 Å². The molecule has 0 spiro atoms. The maximum Gasteiger partial charge on any atom is 0.0632 e. The molecule has 0 bridgehead atoms. The van der Waals surface area contributed by atoms with Crippen molar-refractivity contribution in [3.63, 3.8) is 0 Å². The van der Waals surface area contributed by atoms with E-state index in [9.17, 15) is 0 Å². The summed E-state index contributed by atoms with van der Waals surface area (Å²) in [5.41, 5.74) is 0. The number of rotatable bonds is 1. The Morgan fingerprint density at radius 1 is 1.00 bits per heavy atom. The summed E-state index contributed by atoms with van der Waals surface area (Å²) in [6.07, 6.45) is 14.1. The number of hydrogen-bond acceptors (Lipinski definition) is 1. The summed E-state index contributed by atoms with van der Waals surface area (Å²) in [5.74, 6) is 0.637. The van der Waals surface area contributed by atoms with Crippen LogP contribution in [0.4, 0.5) is 0 Å². The van der Waals surface area contributed by atoms with E-state index in [4.69, 9.17) is 4.74 Å². The van der Waals surface area contributed by atoms with E-state index in [1.807, 2.05) is 0 Å². The Bertz CT molecular complexity index is 172. The Labute approximate surface area is 94.9 Å². The van der Waals surface area contributed by atoms with E-state index in [1.54, 1.807) is 0 Å². The maximum absolute atomic E-state index is 5.93. The molecule has 0 fully saturated rings. The minimum absolute atomic E-state index is 0.431. The summed E-state index contributed by atoms with van der Waals surface area (Å²) in [7, 11) is 0. The number of allylic oxidation sites excluding steroid dienone is 1. The monoisotopic (exact) mass is 210 g/mol. The second kappa shape index (κ2) is 7.92. The van der Waals surface area contributed by atoms with Crippen LogP contribution in [-0.4, -0.2) is 12.7 Å². The molecule has 1 heterocycles. The van der Waals surface area contributed by atoms with Crippen molar-refractivity contribution in [1.29, 1.82) is 0 Å². The van der Waals surface area contributed by atoms with Crippen molar-refractivity contribution < 1.29 is 4.74 Å². The Balaban J connectivity index is 2.36. The van der Waals surface area contributed by atoms with Gasteiger partial charge in [0, 0.05) is 6.61 Å². The van der Waals surface area contributed by atoms with Crippen LogP contribution in [0, 0.1) is 5.92 Å². The van der Waals surface area contributed by atoms with Crippen LogP contribution < -0.4 is 0 Å². The molecule has 1 rings (SSSR count). The van der Waals surface area contributed by atoms with E-state index in [0.717, 1.165) is 13.0 Å². The third-order valence-electron chi connectivity index (χ3n) is 3.13. The predicted molar refractivity (Wildman–Crippen MR) is 66.0 cm³/mol. The molecule has 0 aliphatic carbocycles. The average Bonchev–Trinajstić information content (AvgIpc) is 2.18. The Morgan fingerprint density at radius 3 is 2.53 bits per heavy atom. The molecule has 1 nitrogen and oxygen atoms in total. The first-order valence-corrected chi connectivity index (χ1v) is 6.57. The van der Waals surface area contributed by atoms with Gasteiger partial charge in [-0.25, -0.2) is 0 Å². The van der Waals surface area contributed by atoms with Crippen LogP contribution in [0.15, 0.2) is 12.2 Å². The molecule has 0 saturated heterocycles. The largest absolute Gasteiger partial charge is 0.378 e. The van der Waals surface area contributed by atoms with Gasteiger partial charge < -0.3 is 4.74 Å². The zero-order valence-electron chi connectivity index (χ0n) is 10.4. The first kappa shape index (κ1) is 12.8. The second-order valence-electron chi connectivity index (χ2n) is 4.92. The fraction of sp³-hybridized carbons (Fsp3) is 0.857. The van der Waals surface area contributed by atoms with Gasteiger partial charge in [-0.3, -0.25) is 0 Å². The smallest absolute Gasteiger partial charge is 0.0632 e. The highest BCUT2D eigenvalue weighted by Gasteiger charge is 2.11. The Morgan fingerprint density at radius 2 is 1.73 bits per heavy atom. The van der Waals surface area contributed by atoms with Gasteiger partial charge in [-0.15, -0.1) is 0 Å². The molecule has 0 radical (unpaired) electrons. The highest BCUT2D eigenvalue weighted by Crippen LogP contribution is 2.15. The van der Waals surface area contributed by atoms with E-state index in [1.165, 1.54) is 38.5 Å². The molecule has 1 heteroatoms. The van der Waals surface area contributed by atoms with E-state index < -0.39 is 0 Å². The molecular weight excluding hydrogens is 184 g/mol. The lowest BCUT2D eigenvalue weighted by Crippen LogP contribution is -2.19. The highest BCUT2D eigenvalue weighted by atomic mass is 16.5. The lowest BCUT2D eigenvalue weighted by atomic mass is 10.0. The summed E-state index contributed by atoms with van der Waals surface area (Å²) in [5, 5.41) is 0. The molecule has 0 N–H and O–H groups in total. The topological polar surface area (TPSA) is 9.23 Å². The zero-order chi connectivity index (χ0) is 10.9. The van der Waals surface area contributed by atoms with Crippen molar-refractivity contribution in [1.82, 2.24) is 0 Å². The van der Waals surface area contributed by atoms with Crippen molar-refractivity contribution in [3.05, 3.63) is 12.2 Å². The highest BCUT2D eigenvalue weighted by molar-refractivity contribution is 4.85. The molecule has 0 amide bonds. The molecule has 0 aromatic rings. The SMILES string of the molecule is CC(C)C1C/C=C/CCCCCCCO1. The lowest BCUT2D eigenvalue weighted by Gasteiger charge is -2.20.